The molecule has 0 saturated carbocycles. The standard InChI is InChI=1S/C20H20N6O/c21-19(27)12-4-6-15-14(10-12)18(25-24-15)20-22-16-7-5-13(11-17(16)23-20)26-8-2-1-3-9-26/h4-7,10-11H,1-3,8-9H2,(H2,21,27)(H,22,23)(H,24,25). The van der Waals surface area contributed by atoms with Crippen LogP contribution in [0.2, 0.25) is 0 Å². The number of piperidine rings is 1. The van der Waals surface area contributed by atoms with Crippen LogP contribution in [0.15, 0.2) is 36.4 Å². The van der Waals surface area contributed by atoms with Gasteiger partial charge in [-0.1, -0.05) is 0 Å². The average Bonchev–Trinajstić information content (AvgIpc) is 3.31. The Morgan fingerprint density at radius 1 is 1.04 bits per heavy atom. The van der Waals surface area contributed by atoms with Gasteiger partial charge in [0.2, 0.25) is 5.91 Å². The predicted molar refractivity (Wildman–Crippen MR) is 106 cm³/mol. The van der Waals surface area contributed by atoms with Gasteiger partial charge >= 0.3 is 0 Å². The maximum absolute atomic E-state index is 11.5. The molecule has 0 spiro atoms. The number of carbonyl (C=O) groups is 1. The summed E-state index contributed by atoms with van der Waals surface area (Å²) in [5, 5.41) is 8.20. The minimum Gasteiger partial charge on any atom is -0.371 e. The molecule has 1 aliphatic rings. The molecule has 1 saturated heterocycles. The Hall–Kier alpha value is -3.35. The van der Waals surface area contributed by atoms with Gasteiger partial charge in [0.05, 0.1) is 16.6 Å². The molecule has 0 aliphatic carbocycles. The molecule has 4 N–H and O–H groups in total. The molecular formula is C20H20N6O. The Balaban J connectivity index is 1.58. The first-order chi connectivity index (χ1) is 13.2. The molecule has 1 fully saturated rings. The lowest BCUT2D eigenvalue weighted by atomic mass is 10.1. The average molecular weight is 360 g/mol. The number of hydrogen-bond donors (Lipinski definition) is 3. The third-order valence-electron chi connectivity index (χ3n) is 5.26. The highest BCUT2D eigenvalue weighted by Gasteiger charge is 2.16. The normalized spacial score (nSPS) is 14.9. The van der Waals surface area contributed by atoms with E-state index in [0.29, 0.717) is 17.1 Å². The van der Waals surface area contributed by atoms with Gasteiger partial charge in [-0.15, -0.1) is 0 Å². The lowest BCUT2D eigenvalue weighted by Crippen LogP contribution is -2.29. The van der Waals surface area contributed by atoms with Crippen molar-refractivity contribution in [3.05, 3.63) is 42.0 Å². The third-order valence-corrected chi connectivity index (χ3v) is 5.26. The predicted octanol–water partition coefficient (Wildman–Crippen LogP) is 3.20. The summed E-state index contributed by atoms with van der Waals surface area (Å²) in [6.07, 6.45) is 3.80. The SMILES string of the molecule is NC(=O)c1ccc2[nH]nc(-c3nc4ccc(N5CCCCC5)cc4[nH]3)c2c1. The summed E-state index contributed by atoms with van der Waals surface area (Å²) in [4.78, 5) is 22.0. The summed E-state index contributed by atoms with van der Waals surface area (Å²) in [5.74, 6) is 0.216. The summed E-state index contributed by atoms with van der Waals surface area (Å²) >= 11 is 0. The van der Waals surface area contributed by atoms with E-state index in [0.717, 1.165) is 35.0 Å². The molecule has 7 heteroatoms. The van der Waals surface area contributed by atoms with Crippen LogP contribution in [0.5, 0.6) is 0 Å². The van der Waals surface area contributed by atoms with Gasteiger partial charge in [0.25, 0.3) is 0 Å². The zero-order chi connectivity index (χ0) is 18.4. The number of primary amides is 1. The van der Waals surface area contributed by atoms with E-state index in [-0.39, 0.29) is 0 Å². The second kappa shape index (κ2) is 6.12. The van der Waals surface area contributed by atoms with E-state index in [2.05, 4.69) is 32.2 Å². The molecule has 0 radical (unpaired) electrons. The van der Waals surface area contributed by atoms with Crippen molar-refractivity contribution in [2.24, 2.45) is 5.73 Å². The lowest BCUT2D eigenvalue weighted by Gasteiger charge is -2.28. The second-order valence-corrected chi connectivity index (χ2v) is 7.03. The van der Waals surface area contributed by atoms with Gasteiger partial charge in [-0.3, -0.25) is 9.89 Å². The van der Waals surface area contributed by atoms with Crippen LogP contribution in [0, 0.1) is 0 Å². The number of nitrogens with two attached hydrogens (primary N) is 1. The first kappa shape index (κ1) is 15.9. The molecule has 0 bridgehead atoms. The largest absolute Gasteiger partial charge is 0.371 e. The summed E-state index contributed by atoms with van der Waals surface area (Å²) in [7, 11) is 0. The Labute approximate surface area is 155 Å². The fourth-order valence-electron chi connectivity index (χ4n) is 3.81. The number of aromatic amines is 2. The van der Waals surface area contributed by atoms with Crippen LogP contribution < -0.4 is 10.6 Å². The summed E-state index contributed by atoms with van der Waals surface area (Å²) < 4.78 is 0. The highest BCUT2D eigenvalue weighted by molar-refractivity contribution is 6.00. The number of aromatic nitrogens is 4. The molecule has 1 aliphatic heterocycles. The van der Waals surface area contributed by atoms with Crippen LogP contribution in [-0.2, 0) is 0 Å². The van der Waals surface area contributed by atoms with Gasteiger partial charge in [0.15, 0.2) is 5.82 Å². The first-order valence-corrected chi connectivity index (χ1v) is 9.22. The Bertz CT molecular complexity index is 1150. The molecule has 0 atom stereocenters. The Morgan fingerprint density at radius 3 is 2.70 bits per heavy atom. The van der Waals surface area contributed by atoms with Crippen LogP contribution >= 0.6 is 0 Å². The number of amides is 1. The van der Waals surface area contributed by atoms with Gasteiger partial charge in [-0.2, -0.15) is 5.10 Å². The quantitative estimate of drug-likeness (QED) is 0.522. The molecule has 5 rings (SSSR count). The van der Waals surface area contributed by atoms with E-state index in [4.69, 9.17) is 10.7 Å². The monoisotopic (exact) mass is 360 g/mol. The van der Waals surface area contributed by atoms with E-state index in [1.54, 1.807) is 12.1 Å². The number of rotatable bonds is 3. The number of imidazole rings is 1. The molecule has 1 amide bonds. The molecule has 7 nitrogen and oxygen atoms in total. The highest BCUT2D eigenvalue weighted by Crippen LogP contribution is 2.29. The van der Waals surface area contributed by atoms with E-state index in [1.807, 2.05) is 12.1 Å². The van der Waals surface area contributed by atoms with Crippen LogP contribution in [0.1, 0.15) is 29.6 Å². The first-order valence-electron chi connectivity index (χ1n) is 9.22. The molecule has 2 aromatic heterocycles. The van der Waals surface area contributed by atoms with Crippen molar-refractivity contribution in [1.29, 1.82) is 0 Å². The fraction of sp³-hybridized carbons (Fsp3) is 0.250. The molecule has 27 heavy (non-hydrogen) atoms. The zero-order valence-electron chi connectivity index (χ0n) is 14.8. The molecule has 4 aromatic rings. The van der Waals surface area contributed by atoms with Crippen LogP contribution in [0.3, 0.4) is 0 Å². The van der Waals surface area contributed by atoms with Crippen LogP contribution in [0.25, 0.3) is 33.5 Å². The third kappa shape index (κ3) is 2.71. The van der Waals surface area contributed by atoms with Crippen molar-refractivity contribution in [2.75, 3.05) is 18.0 Å². The van der Waals surface area contributed by atoms with E-state index < -0.39 is 5.91 Å². The van der Waals surface area contributed by atoms with Crippen LogP contribution in [0.4, 0.5) is 5.69 Å². The van der Waals surface area contributed by atoms with Crippen molar-refractivity contribution in [1.82, 2.24) is 20.2 Å². The van der Waals surface area contributed by atoms with E-state index >= 15 is 0 Å². The number of hydrogen-bond acceptors (Lipinski definition) is 4. The summed E-state index contributed by atoms with van der Waals surface area (Å²) in [6.45, 7) is 2.21. The lowest BCUT2D eigenvalue weighted by molar-refractivity contribution is 0.100. The number of nitrogens with zero attached hydrogens (tertiary/aromatic N) is 3. The van der Waals surface area contributed by atoms with Gasteiger partial charge in [-0.25, -0.2) is 4.98 Å². The molecular weight excluding hydrogens is 340 g/mol. The number of benzene rings is 2. The van der Waals surface area contributed by atoms with E-state index in [1.165, 1.54) is 24.9 Å². The maximum Gasteiger partial charge on any atom is 0.248 e. The summed E-state index contributed by atoms with van der Waals surface area (Å²) in [5.41, 5.74) is 10.5. The highest BCUT2D eigenvalue weighted by atomic mass is 16.1. The van der Waals surface area contributed by atoms with Crippen molar-refractivity contribution >= 4 is 33.5 Å². The second-order valence-electron chi connectivity index (χ2n) is 7.03. The van der Waals surface area contributed by atoms with Gasteiger partial charge in [0.1, 0.15) is 5.69 Å². The van der Waals surface area contributed by atoms with Crippen molar-refractivity contribution in [3.63, 3.8) is 0 Å². The fourth-order valence-corrected chi connectivity index (χ4v) is 3.81. The topological polar surface area (TPSA) is 104 Å². The minimum atomic E-state index is -0.458. The van der Waals surface area contributed by atoms with Crippen LogP contribution in [-0.4, -0.2) is 39.2 Å². The number of fused-ring (bicyclic) bond motifs is 2. The van der Waals surface area contributed by atoms with E-state index in [9.17, 15) is 4.79 Å². The van der Waals surface area contributed by atoms with Gasteiger partial charge in [-0.05, 0) is 55.7 Å². The van der Waals surface area contributed by atoms with Gasteiger partial charge in [0, 0.05) is 29.7 Å². The Morgan fingerprint density at radius 2 is 1.89 bits per heavy atom. The minimum absolute atomic E-state index is 0.452. The Kier molecular flexibility index (Phi) is 3.60. The number of nitrogens with one attached hydrogen (secondary N) is 2. The van der Waals surface area contributed by atoms with Crippen molar-refractivity contribution < 1.29 is 4.79 Å². The smallest absolute Gasteiger partial charge is 0.248 e. The number of H-pyrrole nitrogens is 2. The summed E-state index contributed by atoms with van der Waals surface area (Å²) in [6, 6.07) is 11.6. The van der Waals surface area contributed by atoms with Crippen molar-refractivity contribution in [2.45, 2.75) is 19.3 Å². The molecule has 3 heterocycles. The zero-order valence-corrected chi connectivity index (χ0v) is 14.8. The molecule has 2 aromatic carbocycles. The maximum atomic E-state index is 11.5. The number of carbonyl (C=O) groups excluding carboxylic acids is 1. The number of anilines is 1. The molecule has 0 unspecified atom stereocenters. The van der Waals surface area contributed by atoms with Gasteiger partial charge < -0.3 is 15.6 Å². The molecule has 136 valence electrons. The van der Waals surface area contributed by atoms with Crippen molar-refractivity contribution in [3.8, 4) is 11.5 Å².